The highest BCUT2D eigenvalue weighted by molar-refractivity contribution is 5.91. The number of esters is 1. The fourth-order valence-corrected chi connectivity index (χ4v) is 6.03. The Morgan fingerprint density at radius 3 is 2.53 bits per heavy atom. The number of nitrogens with one attached hydrogen (secondary N) is 1. The highest BCUT2D eigenvalue weighted by Gasteiger charge is 2.41. The first-order valence-electron chi connectivity index (χ1n) is 17.1. The molecule has 5 rings (SSSR count). The van der Waals surface area contributed by atoms with Crippen molar-refractivity contribution in [2.24, 2.45) is 0 Å². The number of ether oxygens (including phenoxy) is 4. The second-order valence-electron chi connectivity index (χ2n) is 13.4. The molecule has 3 heterocycles. The summed E-state index contributed by atoms with van der Waals surface area (Å²) >= 11 is 0. The SMILES string of the molecule is COCCCN(CCCn1cnc2cccc(-c3cncc(N[C@H]4C[C@@H](C(=O)OC)N(C(=O)OCc5ccccc5)C4)n3)c21)C(=O)OC(C)(C)C. The zero-order valence-electron chi connectivity index (χ0n) is 29.9. The number of imidazole rings is 1. The Morgan fingerprint density at radius 1 is 1.00 bits per heavy atom. The van der Waals surface area contributed by atoms with Gasteiger partial charge in [-0.15, -0.1) is 0 Å². The average Bonchev–Trinajstić information content (AvgIpc) is 3.74. The van der Waals surface area contributed by atoms with Gasteiger partial charge in [0.25, 0.3) is 0 Å². The lowest BCUT2D eigenvalue weighted by Crippen LogP contribution is -2.41. The van der Waals surface area contributed by atoms with E-state index in [1.54, 1.807) is 30.7 Å². The number of carbonyl (C=O) groups excluding carboxylic acids is 3. The molecule has 0 unspecified atom stereocenters. The highest BCUT2D eigenvalue weighted by Crippen LogP contribution is 2.29. The summed E-state index contributed by atoms with van der Waals surface area (Å²) in [6, 6.07) is 14.1. The molecule has 1 aliphatic rings. The maximum absolute atomic E-state index is 13.1. The first-order chi connectivity index (χ1) is 24.6. The maximum atomic E-state index is 13.1. The van der Waals surface area contributed by atoms with E-state index >= 15 is 0 Å². The van der Waals surface area contributed by atoms with Gasteiger partial charge < -0.3 is 33.7 Å². The standard InChI is InChI=1S/C37H47N7O7/c1-37(2,3)51-35(46)42(18-11-19-48-4)16-10-17-43-25-39-29-15-9-14-28(33(29)43)30-21-38-22-32(41-30)40-27-20-31(34(45)49-5)44(23-27)36(47)50-24-26-12-7-6-8-13-26/h6-9,12-15,21-22,25,27,31H,10-11,16-20,23-24H2,1-5H3,(H,40,41)/t27-,31-/m0/s1. The minimum Gasteiger partial charge on any atom is -0.467 e. The molecule has 0 radical (unpaired) electrons. The molecule has 0 aliphatic carbocycles. The molecule has 1 aliphatic heterocycles. The molecule has 1 saturated heterocycles. The lowest BCUT2D eigenvalue weighted by Gasteiger charge is -2.27. The molecule has 14 heteroatoms. The lowest BCUT2D eigenvalue weighted by molar-refractivity contribution is -0.145. The molecule has 4 aromatic rings. The van der Waals surface area contributed by atoms with E-state index in [1.165, 1.54) is 12.0 Å². The van der Waals surface area contributed by atoms with Gasteiger partial charge in [0.05, 0.1) is 42.6 Å². The molecule has 51 heavy (non-hydrogen) atoms. The summed E-state index contributed by atoms with van der Waals surface area (Å²) in [6.07, 6.45) is 5.85. The molecule has 1 N–H and O–H groups in total. The van der Waals surface area contributed by atoms with Crippen LogP contribution >= 0.6 is 0 Å². The number of aryl methyl sites for hydroxylation is 1. The number of anilines is 1. The van der Waals surface area contributed by atoms with Crippen molar-refractivity contribution in [2.45, 2.75) is 70.9 Å². The van der Waals surface area contributed by atoms with E-state index in [2.05, 4.69) is 19.9 Å². The minimum absolute atomic E-state index is 0.0915. The molecular formula is C37H47N7O7. The van der Waals surface area contributed by atoms with Gasteiger partial charge >= 0.3 is 18.2 Å². The van der Waals surface area contributed by atoms with E-state index in [0.717, 1.165) is 22.2 Å². The third kappa shape index (κ3) is 9.94. The fourth-order valence-electron chi connectivity index (χ4n) is 6.03. The monoisotopic (exact) mass is 701 g/mol. The second-order valence-corrected chi connectivity index (χ2v) is 13.4. The van der Waals surface area contributed by atoms with Crippen molar-refractivity contribution in [3.8, 4) is 11.3 Å². The highest BCUT2D eigenvalue weighted by atomic mass is 16.6. The molecule has 0 spiro atoms. The number of para-hydroxylation sites is 1. The molecule has 14 nitrogen and oxygen atoms in total. The van der Waals surface area contributed by atoms with Crippen molar-refractivity contribution in [2.75, 3.05) is 45.8 Å². The van der Waals surface area contributed by atoms with Crippen molar-refractivity contribution in [1.82, 2.24) is 29.3 Å². The number of carbonyl (C=O) groups is 3. The molecule has 2 amide bonds. The van der Waals surface area contributed by atoms with Crippen LogP contribution in [-0.4, -0.2) is 106 Å². The van der Waals surface area contributed by atoms with E-state index in [-0.39, 0.29) is 25.3 Å². The number of methoxy groups -OCH3 is 2. The average molecular weight is 702 g/mol. The first-order valence-corrected chi connectivity index (χ1v) is 17.1. The normalized spacial score (nSPS) is 15.8. The summed E-state index contributed by atoms with van der Waals surface area (Å²) in [5.41, 5.74) is 3.42. The maximum Gasteiger partial charge on any atom is 0.410 e. The van der Waals surface area contributed by atoms with Crippen LogP contribution in [0, 0.1) is 0 Å². The van der Waals surface area contributed by atoms with Crippen molar-refractivity contribution in [3.63, 3.8) is 0 Å². The molecule has 0 bridgehead atoms. The summed E-state index contributed by atoms with van der Waals surface area (Å²) < 4.78 is 23.4. The van der Waals surface area contributed by atoms with Gasteiger partial charge in [0.15, 0.2) is 0 Å². The van der Waals surface area contributed by atoms with E-state index in [1.807, 2.05) is 69.3 Å². The smallest absolute Gasteiger partial charge is 0.410 e. The van der Waals surface area contributed by atoms with Crippen molar-refractivity contribution in [3.05, 3.63) is 72.8 Å². The van der Waals surface area contributed by atoms with Crippen LogP contribution < -0.4 is 5.32 Å². The topological polar surface area (TPSA) is 150 Å². The van der Waals surface area contributed by atoms with Crippen LogP contribution in [-0.2, 0) is 36.9 Å². The molecule has 1 fully saturated rings. The van der Waals surface area contributed by atoms with Crippen molar-refractivity contribution in [1.29, 1.82) is 0 Å². The molecule has 0 saturated carbocycles. The Bertz CT molecular complexity index is 1780. The van der Waals surface area contributed by atoms with E-state index in [9.17, 15) is 14.4 Å². The number of likely N-dealkylation sites (tertiary alicyclic amines) is 1. The van der Waals surface area contributed by atoms with E-state index < -0.39 is 23.7 Å². The first kappa shape index (κ1) is 37.0. The minimum atomic E-state index is -0.804. The number of rotatable bonds is 14. The van der Waals surface area contributed by atoms with Crippen LogP contribution in [0.15, 0.2) is 67.3 Å². The van der Waals surface area contributed by atoms with Gasteiger partial charge in [-0.1, -0.05) is 42.5 Å². The predicted octanol–water partition coefficient (Wildman–Crippen LogP) is 5.52. The number of fused-ring (bicyclic) bond motifs is 1. The number of hydrogen-bond donors (Lipinski definition) is 1. The van der Waals surface area contributed by atoms with Gasteiger partial charge in [0.1, 0.15) is 24.1 Å². The van der Waals surface area contributed by atoms with Gasteiger partial charge in [-0.25, -0.2) is 24.4 Å². The summed E-state index contributed by atoms with van der Waals surface area (Å²) in [5, 5.41) is 3.36. The molecule has 2 atom stereocenters. The van der Waals surface area contributed by atoms with Crippen molar-refractivity contribution >= 4 is 35.0 Å². The Morgan fingerprint density at radius 2 is 1.78 bits per heavy atom. The number of hydrogen-bond acceptors (Lipinski definition) is 11. The van der Waals surface area contributed by atoms with Gasteiger partial charge in [-0.3, -0.25) is 9.88 Å². The summed E-state index contributed by atoms with van der Waals surface area (Å²) in [4.78, 5) is 55.8. The van der Waals surface area contributed by atoms with Crippen LogP contribution in [0.1, 0.15) is 45.6 Å². The molecule has 2 aromatic heterocycles. The Hall–Kier alpha value is -5.24. The number of benzene rings is 2. The van der Waals surface area contributed by atoms with Crippen LogP contribution in [0.5, 0.6) is 0 Å². The van der Waals surface area contributed by atoms with Crippen LogP contribution in [0.2, 0.25) is 0 Å². The molecule has 2 aromatic carbocycles. The Kier molecular flexibility index (Phi) is 12.4. The number of amides is 2. The summed E-state index contributed by atoms with van der Waals surface area (Å²) in [7, 11) is 2.95. The molecular weight excluding hydrogens is 654 g/mol. The zero-order chi connectivity index (χ0) is 36.4. The quantitative estimate of drug-likeness (QED) is 0.101. The van der Waals surface area contributed by atoms with Gasteiger partial charge in [0, 0.05) is 57.9 Å². The second kappa shape index (κ2) is 17.1. The largest absolute Gasteiger partial charge is 0.467 e. The van der Waals surface area contributed by atoms with E-state index in [4.69, 9.17) is 23.9 Å². The van der Waals surface area contributed by atoms with Crippen LogP contribution in [0.4, 0.5) is 15.4 Å². The number of aromatic nitrogens is 4. The summed E-state index contributed by atoms with van der Waals surface area (Å²) in [6.45, 7) is 8.07. The Labute approximate surface area is 298 Å². The molecule has 272 valence electrons. The van der Waals surface area contributed by atoms with Gasteiger partial charge in [-0.2, -0.15) is 0 Å². The summed E-state index contributed by atoms with van der Waals surface area (Å²) in [5.74, 6) is -0.0207. The predicted molar refractivity (Wildman–Crippen MR) is 191 cm³/mol. The number of nitrogens with zero attached hydrogens (tertiary/aromatic N) is 6. The zero-order valence-corrected chi connectivity index (χ0v) is 29.9. The Balaban J connectivity index is 1.28. The van der Waals surface area contributed by atoms with Crippen LogP contribution in [0.25, 0.3) is 22.3 Å². The van der Waals surface area contributed by atoms with Gasteiger partial charge in [-0.05, 0) is 45.2 Å². The van der Waals surface area contributed by atoms with Gasteiger partial charge in [0.2, 0.25) is 0 Å². The lowest BCUT2D eigenvalue weighted by atomic mass is 10.1. The fraction of sp³-hybridized carbons (Fsp3) is 0.459. The van der Waals surface area contributed by atoms with Crippen LogP contribution in [0.3, 0.4) is 0 Å². The van der Waals surface area contributed by atoms with Crippen molar-refractivity contribution < 1.29 is 33.3 Å². The van der Waals surface area contributed by atoms with E-state index in [0.29, 0.717) is 57.0 Å². The third-order valence-corrected chi connectivity index (χ3v) is 8.37. The third-order valence-electron chi connectivity index (χ3n) is 8.37.